The molecular formula is C15H22N2O2S. The van der Waals surface area contributed by atoms with Gasteiger partial charge in [-0.05, 0) is 32.0 Å². The topological polar surface area (TPSA) is 55.6 Å². The number of hydrogen-bond donors (Lipinski definition) is 1. The first-order chi connectivity index (χ1) is 9.31. The van der Waals surface area contributed by atoms with Crippen molar-refractivity contribution in [3.63, 3.8) is 0 Å². The Bertz CT molecular complexity index is 489. The average Bonchev–Trinajstić information content (AvgIpc) is 2.37. The Hall–Kier alpha value is -1.62. The van der Waals surface area contributed by atoms with E-state index >= 15 is 0 Å². The monoisotopic (exact) mass is 294 g/mol. The first kappa shape index (κ1) is 16.4. The van der Waals surface area contributed by atoms with Gasteiger partial charge in [0, 0.05) is 25.1 Å². The van der Waals surface area contributed by atoms with Gasteiger partial charge in [-0.2, -0.15) is 0 Å². The van der Waals surface area contributed by atoms with Gasteiger partial charge in [-0.3, -0.25) is 4.79 Å². The predicted molar refractivity (Wildman–Crippen MR) is 85.1 cm³/mol. The van der Waals surface area contributed by atoms with Gasteiger partial charge in [0.05, 0.1) is 11.1 Å². The summed E-state index contributed by atoms with van der Waals surface area (Å²) in [6.07, 6.45) is 0.0766. The fourth-order valence-electron chi connectivity index (χ4n) is 1.78. The Kier molecular flexibility index (Phi) is 5.95. The molecule has 1 rings (SSSR count). The first-order valence-corrected chi connectivity index (χ1v) is 7.03. The van der Waals surface area contributed by atoms with Crippen molar-refractivity contribution in [2.24, 2.45) is 11.7 Å². The largest absolute Gasteiger partial charge is 0.491 e. The lowest BCUT2D eigenvalue weighted by atomic mass is 10.1. The molecule has 0 aliphatic rings. The lowest BCUT2D eigenvalue weighted by Gasteiger charge is -2.21. The zero-order valence-corrected chi connectivity index (χ0v) is 13.2. The van der Waals surface area contributed by atoms with Gasteiger partial charge in [0.25, 0.3) is 5.91 Å². The molecule has 1 unspecified atom stereocenters. The fourth-order valence-corrected chi connectivity index (χ4v) is 1.85. The van der Waals surface area contributed by atoms with Gasteiger partial charge in [-0.1, -0.05) is 25.2 Å². The van der Waals surface area contributed by atoms with Crippen molar-refractivity contribution >= 4 is 23.1 Å². The zero-order valence-electron chi connectivity index (χ0n) is 12.4. The minimum atomic E-state index is -0.0673. The molecule has 1 atom stereocenters. The number of rotatable bonds is 6. The normalized spacial score (nSPS) is 12.1. The van der Waals surface area contributed by atoms with Crippen LogP contribution >= 0.6 is 12.2 Å². The zero-order chi connectivity index (χ0) is 15.3. The second-order valence-electron chi connectivity index (χ2n) is 5.18. The Morgan fingerprint density at radius 2 is 2.05 bits per heavy atom. The molecule has 0 saturated carbocycles. The van der Waals surface area contributed by atoms with Crippen LogP contribution in [0.2, 0.25) is 0 Å². The number of hydrogen-bond acceptors (Lipinski definition) is 3. The molecule has 0 aliphatic heterocycles. The van der Waals surface area contributed by atoms with Crippen LogP contribution in [0.1, 0.15) is 31.1 Å². The van der Waals surface area contributed by atoms with E-state index in [9.17, 15) is 4.79 Å². The van der Waals surface area contributed by atoms with Crippen molar-refractivity contribution in [1.29, 1.82) is 0 Å². The highest BCUT2D eigenvalue weighted by Gasteiger charge is 2.16. The average molecular weight is 294 g/mol. The van der Waals surface area contributed by atoms with E-state index in [0.717, 1.165) is 0 Å². The van der Waals surface area contributed by atoms with Crippen molar-refractivity contribution in [3.05, 3.63) is 29.8 Å². The van der Waals surface area contributed by atoms with Gasteiger partial charge < -0.3 is 15.4 Å². The van der Waals surface area contributed by atoms with E-state index in [2.05, 4.69) is 0 Å². The van der Waals surface area contributed by atoms with Crippen LogP contribution in [0.25, 0.3) is 0 Å². The molecule has 4 nitrogen and oxygen atoms in total. The smallest absolute Gasteiger partial charge is 0.253 e. The van der Waals surface area contributed by atoms with E-state index in [1.807, 2.05) is 32.9 Å². The molecule has 0 spiro atoms. The predicted octanol–water partition coefficient (Wildman–Crippen LogP) is 2.47. The summed E-state index contributed by atoms with van der Waals surface area (Å²) in [7, 11) is 1.74. The van der Waals surface area contributed by atoms with Crippen LogP contribution in [0.3, 0.4) is 0 Å². The number of carbonyl (C=O) groups is 1. The van der Waals surface area contributed by atoms with Gasteiger partial charge in [0.2, 0.25) is 0 Å². The molecule has 5 heteroatoms. The lowest BCUT2D eigenvalue weighted by Crippen LogP contribution is -2.35. The summed E-state index contributed by atoms with van der Waals surface area (Å²) >= 11 is 4.93. The highest BCUT2D eigenvalue weighted by Crippen LogP contribution is 2.16. The lowest BCUT2D eigenvalue weighted by molar-refractivity contribution is 0.0786. The molecule has 1 amide bonds. The summed E-state index contributed by atoms with van der Waals surface area (Å²) in [6, 6.07) is 7.19. The SMILES string of the molecule is CC(C)Oc1cccc(C(=O)N(C)CC(C)C(N)=S)c1. The standard InChI is InChI=1S/C15H22N2O2S/c1-10(2)19-13-7-5-6-12(8-13)15(18)17(4)9-11(3)14(16)20/h5-8,10-11H,9H2,1-4H3,(H2,16,20). The Morgan fingerprint density at radius 3 is 2.60 bits per heavy atom. The van der Waals surface area contributed by atoms with Crippen molar-refractivity contribution < 1.29 is 9.53 Å². The molecule has 20 heavy (non-hydrogen) atoms. The summed E-state index contributed by atoms with van der Waals surface area (Å²) < 4.78 is 5.59. The molecule has 0 aliphatic carbocycles. The molecular weight excluding hydrogens is 272 g/mol. The molecule has 0 bridgehead atoms. The third kappa shape index (κ3) is 4.81. The Morgan fingerprint density at radius 1 is 1.40 bits per heavy atom. The van der Waals surface area contributed by atoms with Crippen LogP contribution in [0.4, 0.5) is 0 Å². The van der Waals surface area contributed by atoms with Gasteiger partial charge in [0.1, 0.15) is 5.75 Å². The fraction of sp³-hybridized carbons (Fsp3) is 0.467. The molecule has 0 fully saturated rings. The maximum Gasteiger partial charge on any atom is 0.253 e. The van der Waals surface area contributed by atoms with Crippen LogP contribution in [0, 0.1) is 5.92 Å². The molecule has 1 aromatic rings. The minimum Gasteiger partial charge on any atom is -0.491 e. The Labute approximate surface area is 125 Å². The number of nitrogens with two attached hydrogens (primary N) is 1. The number of benzene rings is 1. The minimum absolute atomic E-state index is 0.00551. The third-order valence-corrected chi connectivity index (χ3v) is 3.24. The molecule has 1 aromatic carbocycles. The maximum absolute atomic E-state index is 12.3. The second kappa shape index (κ2) is 7.24. The highest BCUT2D eigenvalue weighted by molar-refractivity contribution is 7.80. The summed E-state index contributed by atoms with van der Waals surface area (Å²) in [4.78, 5) is 14.4. The quantitative estimate of drug-likeness (QED) is 0.819. The van der Waals surface area contributed by atoms with E-state index in [1.165, 1.54) is 0 Å². The molecule has 0 saturated heterocycles. The van der Waals surface area contributed by atoms with Crippen molar-refractivity contribution in [1.82, 2.24) is 4.90 Å². The van der Waals surface area contributed by atoms with Crippen LogP contribution in [0.5, 0.6) is 5.75 Å². The van der Waals surface area contributed by atoms with Crippen LogP contribution in [-0.4, -0.2) is 35.5 Å². The molecule has 2 N–H and O–H groups in total. The number of amides is 1. The molecule has 110 valence electrons. The van der Waals surface area contributed by atoms with E-state index in [-0.39, 0.29) is 17.9 Å². The van der Waals surface area contributed by atoms with Crippen LogP contribution in [0.15, 0.2) is 24.3 Å². The Balaban J connectivity index is 2.78. The summed E-state index contributed by atoms with van der Waals surface area (Å²) in [5, 5.41) is 0. The highest BCUT2D eigenvalue weighted by atomic mass is 32.1. The van der Waals surface area contributed by atoms with Gasteiger partial charge >= 0.3 is 0 Å². The van der Waals surface area contributed by atoms with E-state index in [1.54, 1.807) is 24.1 Å². The second-order valence-corrected chi connectivity index (χ2v) is 5.65. The number of ether oxygens (including phenoxy) is 1. The first-order valence-electron chi connectivity index (χ1n) is 6.62. The van der Waals surface area contributed by atoms with Crippen LogP contribution < -0.4 is 10.5 Å². The summed E-state index contributed by atoms with van der Waals surface area (Å²) in [5.74, 6) is 0.623. The number of carbonyl (C=O) groups excluding carboxylic acids is 1. The van der Waals surface area contributed by atoms with E-state index in [4.69, 9.17) is 22.7 Å². The molecule has 0 heterocycles. The van der Waals surface area contributed by atoms with Gasteiger partial charge in [-0.15, -0.1) is 0 Å². The number of thiocarbonyl (C=S) groups is 1. The third-order valence-electron chi connectivity index (χ3n) is 2.83. The van der Waals surface area contributed by atoms with Crippen molar-refractivity contribution in [2.75, 3.05) is 13.6 Å². The number of nitrogens with zero attached hydrogens (tertiary/aromatic N) is 1. The van der Waals surface area contributed by atoms with Gasteiger partial charge in [-0.25, -0.2) is 0 Å². The summed E-state index contributed by atoms with van der Waals surface area (Å²) in [6.45, 7) is 6.31. The summed E-state index contributed by atoms with van der Waals surface area (Å²) in [5.41, 5.74) is 6.17. The van der Waals surface area contributed by atoms with Gasteiger partial charge in [0.15, 0.2) is 0 Å². The van der Waals surface area contributed by atoms with Crippen molar-refractivity contribution in [2.45, 2.75) is 26.9 Å². The van der Waals surface area contributed by atoms with E-state index < -0.39 is 0 Å². The van der Waals surface area contributed by atoms with E-state index in [0.29, 0.717) is 22.8 Å². The van der Waals surface area contributed by atoms with Crippen molar-refractivity contribution in [3.8, 4) is 5.75 Å². The molecule has 0 aromatic heterocycles. The van der Waals surface area contributed by atoms with Crippen LogP contribution in [-0.2, 0) is 0 Å². The maximum atomic E-state index is 12.3. The molecule has 0 radical (unpaired) electrons.